The van der Waals surface area contributed by atoms with Crippen molar-refractivity contribution in [2.75, 3.05) is 34.3 Å². The second-order valence-electron chi connectivity index (χ2n) is 3.35. The third-order valence-electron chi connectivity index (χ3n) is 0.954. The standard InChI is InChI=1S/C5H14NO.C2H2O4.ClH.2H2O/c1-6(2,3)4-5-7;3-1(4)2(5)6;;;/h7H,4-5H2,1-3H3;(H,3,4)(H,5,6);1H;2*1H2/q+1;;;;/p-1. The summed E-state index contributed by atoms with van der Waals surface area (Å²) in [7, 11) is 6.16. The molecule has 102 valence electrons. The number of rotatable bonds is 2. The van der Waals surface area contributed by atoms with E-state index >= 15 is 0 Å². The average molecular weight is 266 g/mol. The maximum atomic E-state index is 9.10. The molecule has 0 aliphatic heterocycles. The molecule has 0 aliphatic rings. The van der Waals surface area contributed by atoms with Crippen LogP contribution in [0.1, 0.15) is 0 Å². The second-order valence-corrected chi connectivity index (χ2v) is 3.35. The molecule has 0 unspecified atom stereocenters. The molecule has 0 radical (unpaired) electrons. The number of hydrogen-bond donors (Lipinski definition) is 3. The number of aliphatic carboxylic acids is 2. The molecule has 16 heavy (non-hydrogen) atoms. The molecular weight excluding hydrogens is 246 g/mol. The lowest BCUT2D eigenvalue weighted by Crippen LogP contribution is -3.00. The third-order valence-corrected chi connectivity index (χ3v) is 0.954. The largest absolute Gasteiger partial charge is 1.00 e. The number of nitrogens with zero attached hydrogens (tertiary/aromatic N) is 1. The van der Waals surface area contributed by atoms with Crippen molar-refractivity contribution in [1.82, 2.24) is 0 Å². The summed E-state index contributed by atoms with van der Waals surface area (Å²) in [6, 6.07) is 0. The maximum Gasteiger partial charge on any atom is 0.414 e. The minimum atomic E-state index is -1.82. The zero-order chi connectivity index (χ0) is 11.1. The van der Waals surface area contributed by atoms with Crippen LogP contribution >= 0.6 is 0 Å². The van der Waals surface area contributed by atoms with Crippen LogP contribution in [0.3, 0.4) is 0 Å². The Morgan fingerprint density at radius 2 is 1.25 bits per heavy atom. The van der Waals surface area contributed by atoms with Crippen LogP contribution in [0, 0.1) is 0 Å². The molecule has 8 nitrogen and oxygen atoms in total. The predicted octanol–water partition coefficient (Wildman–Crippen LogP) is -5.80. The summed E-state index contributed by atoms with van der Waals surface area (Å²) in [5.74, 6) is -3.65. The quantitative estimate of drug-likeness (QED) is 0.335. The molecule has 0 rings (SSSR count). The topological polar surface area (TPSA) is 158 Å². The van der Waals surface area contributed by atoms with Crippen LogP contribution in [0.15, 0.2) is 0 Å². The fourth-order valence-corrected chi connectivity index (χ4v) is 0.300. The zero-order valence-electron chi connectivity index (χ0n) is 9.40. The van der Waals surface area contributed by atoms with Crippen LogP contribution < -0.4 is 12.4 Å². The van der Waals surface area contributed by atoms with Crippen molar-refractivity contribution in [1.29, 1.82) is 0 Å². The number of aliphatic hydroxyl groups is 1. The highest BCUT2D eigenvalue weighted by Crippen LogP contribution is 1.84. The SMILES string of the molecule is C[N+](C)(C)CCO.O.O.O=C(O)C(=O)O.[Cl-]. The monoisotopic (exact) mass is 265 g/mol. The molecule has 0 aromatic rings. The van der Waals surface area contributed by atoms with Crippen LogP contribution in [0.4, 0.5) is 0 Å². The van der Waals surface area contributed by atoms with Gasteiger partial charge < -0.3 is 43.2 Å². The van der Waals surface area contributed by atoms with Gasteiger partial charge in [-0.2, -0.15) is 0 Å². The molecule has 0 saturated heterocycles. The van der Waals surface area contributed by atoms with Gasteiger partial charge in [0.25, 0.3) is 0 Å². The predicted molar refractivity (Wildman–Crippen MR) is 52.5 cm³/mol. The molecule has 0 spiro atoms. The molecule has 0 amide bonds. The Morgan fingerprint density at radius 1 is 1.00 bits per heavy atom. The van der Waals surface area contributed by atoms with Gasteiger partial charge in [-0.05, 0) is 0 Å². The molecule has 9 heteroatoms. The van der Waals surface area contributed by atoms with Crippen LogP contribution in [0.2, 0.25) is 0 Å². The van der Waals surface area contributed by atoms with Crippen LogP contribution in [0.5, 0.6) is 0 Å². The zero-order valence-corrected chi connectivity index (χ0v) is 10.2. The third kappa shape index (κ3) is 38.1. The van der Waals surface area contributed by atoms with E-state index in [0.717, 1.165) is 11.0 Å². The Morgan fingerprint density at radius 3 is 1.25 bits per heavy atom. The minimum absolute atomic E-state index is 0. The van der Waals surface area contributed by atoms with Gasteiger partial charge in [-0.3, -0.25) is 0 Å². The Kier molecular flexibility index (Phi) is 25.9. The second kappa shape index (κ2) is 14.1. The van der Waals surface area contributed by atoms with E-state index in [1.807, 2.05) is 0 Å². The molecule has 0 bridgehead atoms. The van der Waals surface area contributed by atoms with Crippen molar-refractivity contribution in [2.45, 2.75) is 0 Å². The van der Waals surface area contributed by atoms with Gasteiger partial charge in [0.1, 0.15) is 6.54 Å². The summed E-state index contributed by atoms with van der Waals surface area (Å²) in [6.45, 7) is 1.11. The van der Waals surface area contributed by atoms with Gasteiger partial charge in [0.2, 0.25) is 0 Å². The van der Waals surface area contributed by atoms with E-state index in [0.29, 0.717) is 0 Å². The highest BCUT2D eigenvalue weighted by atomic mass is 35.5. The van der Waals surface area contributed by atoms with Gasteiger partial charge in [0.15, 0.2) is 0 Å². The normalized spacial score (nSPS) is 8.00. The van der Waals surface area contributed by atoms with Crippen molar-refractivity contribution in [3.63, 3.8) is 0 Å². The van der Waals surface area contributed by atoms with Gasteiger partial charge in [0, 0.05) is 0 Å². The molecule has 0 atom stereocenters. The van der Waals surface area contributed by atoms with Gasteiger partial charge in [0.05, 0.1) is 27.7 Å². The Hall–Kier alpha value is -0.930. The van der Waals surface area contributed by atoms with Crippen molar-refractivity contribution in [3.05, 3.63) is 0 Å². The van der Waals surface area contributed by atoms with Gasteiger partial charge in [-0.15, -0.1) is 0 Å². The van der Waals surface area contributed by atoms with Gasteiger partial charge in [-0.25, -0.2) is 9.59 Å². The summed E-state index contributed by atoms with van der Waals surface area (Å²) in [5.41, 5.74) is 0. The number of carbonyl (C=O) groups is 2. The summed E-state index contributed by atoms with van der Waals surface area (Å²) >= 11 is 0. The van der Waals surface area contributed by atoms with Gasteiger partial charge in [-0.1, -0.05) is 0 Å². The van der Waals surface area contributed by atoms with Crippen molar-refractivity contribution >= 4 is 11.9 Å². The van der Waals surface area contributed by atoms with Crippen LogP contribution in [0.25, 0.3) is 0 Å². The highest BCUT2D eigenvalue weighted by molar-refractivity contribution is 6.27. The fourth-order valence-electron chi connectivity index (χ4n) is 0.300. The Labute approximate surface area is 99.7 Å². The summed E-state index contributed by atoms with van der Waals surface area (Å²) in [6.07, 6.45) is 0. The molecule has 0 aliphatic carbocycles. The van der Waals surface area contributed by atoms with E-state index in [4.69, 9.17) is 24.9 Å². The van der Waals surface area contributed by atoms with Crippen molar-refractivity contribution in [3.8, 4) is 0 Å². The lowest BCUT2D eigenvalue weighted by molar-refractivity contribution is -0.870. The number of likely N-dealkylation sites (N-methyl/N-ethyl adjacent to an activating group) is 1. The van der Waals surface area contributed by atoms with Crippen LogP contribution in [-0.4, -0.2) is 77.0 Å². The van der Waals surface area contributed by atoms with E-state index in [9.17, 15) is 0 Å². The molecule has 0 fully saturated rings. The first-order chi connectivity index (χ1) is 5.70. The molecule has 0 heterocycles. The first-order valence-electron chi connectivity index (χ1n) is 3.58. The van der Waals surface area contributed by atoms with E-state index in [-0.39, 0.29) is 30.0 Å². The maximum absolute atomic E-state index is 9.10. The highest BCUT2D eigenvalue weighted by Gasteiger charge is 2.04. The van der Waals surface area contributed by atoms with E-state index in [1.165, 1.54) is 0 Å². The van der Waals surface area contributed by atoms with E-state index in [1.54, 1.807) is 0 Å². The Bertz CT molecular complexity index is 168. The number of aliphatic hydroxyl groups excluding tert-OH is 1. The number of hydrogen-bond acceptors (Lipinski definition) is 3. The average Bonchev–Trinajstić information content (AvgIpc) is 1.85. The minimum Gasteiger partial charge on any atom is -1.00 e. The molecule has 0 aromatic heterocycles. The number of carboxylic acid groups (broad SMARTS) is 2. The first-order valence-corrected chi connectivity index (χ1v) is 3.58. The van der Waals surface area contributed by atoms with E-state index < -0.39 is 11.9 Å². The smallest absolute Gasteiger partial charge is 0.414 e. The number of carboxylic acids is 2. The molecule has 0 saturated carbocycles. The summed E-state index contributed by atoms with van der Waals surface area (Å²) in [5, 5.41) is 23.2. The van der Waals surface area contributed by atoms with Gasteiger partial charge >= 0.3 is 11.9 Å². The number of quaternary nitrogens is 1. The first kappa shape index (κ1) is 29.4. The summed E-state index contributed by atoms with van der Waals surface area (Å²) < 4.78 is 0.844. The summed E-state index contributed by atoms with van der Waals surface area (Å²) in [4.78, 5) is 18.2. The molecule has 0 aromatic carbocycles. The van der Waals surface area contributed by atoms with Crippen LogP contribution in [-0.2, 0) is 9.59 Å². The molecular formula is C7H20ClNO7. The van der Waals surface area contributed by atoms with E-state index in [2.05, 4.69) is 21.1 Å². The fraction of sp³-hybridized carbons (Fsp3) is 0.714. The van der Waals surface area contributed by atoms with Crippen molar-refractivity contribution < 1.29 is 52.8 Å². The van der Waals surface area contributed by atoms with Crippen molar-refractivity contribution in [2.24, 2.45) is 0 Å². The lowest BCUT2D eigenvalue weighted by atomic mass is 10.5. The molecule has 7 N–H and O–H groups in total. The lowest BCUT2D eigenvalue weighted by Gasteiger charge is -2.21. The number of halogens is 1. The Balaban J connectivity index is -0.0000000428.